The molecule has 19 heavy (non-hydrogen) atoms. The molecule has 0 aliphatic heterocycles. The van der Waals surface area contributed by atoms with Gasteiger partial charge in [0.25, 0.3) is 0 Å². The van der Waals surface area contributed by atoms with E-state index in [1.807, 2.05) is 32.9 Å². The number of amides is 1. The van der Waals surface area contributed by atoms with Gasteiger partial charge >= 0.3 is 0 Å². The Hall–Kier alpha value is -1.86. The lowest BCUT2D eigenvalue weighted by molar-refractivity contribution is -0.122. The van der Waals surface area contributed by atoms with Gasteiger partial charge in [-0.15, -0.1) is 0 Å². The minimum Gasteiger partial charge on any atom is -0.353 e. The normalized spacial score (nSPS) is 10.5. The molecule has 1 amide bonds. The van der Waals surface area contributed by atoms with Crippen LogP contribution in [0.3, 0.4) is 0 Å². The third-order valence-corrected chi connectivity index (χ3v) is 2.75. The molecule has 4 heteroatoms. The SMILES string of the molecule is CCN(CC(=O)NC(C)C)Cc1ccc(C#N)cc1. The topological polar surface area (TPSA) is 56.1 Å². The van der Waals surface area contributed by atoms with Gasteiger partial charge in [-0.2, -0.15) is 5.26 Å². The second-order valence-corrected chi connectivity index (χ2v) is 4.83. The van der Waals surface area contributed by atoms with Crippen LogP contribution < -0.4 is 5.32 Å². The van der Waals surface area contributed by atoms with Gasteiger partial charge in [0.05, 0.1) is 18.2 Å². The summed E-state index contributed by atoms with van der Waals surface area (Å²) in [6, 6.07) is 9.74. The molecule has 1 aromatic carbocycles. The number of carbonyl (C=O) groups is 1. The molecule has 0 spiro atoms. The Morgan fingerprint density at radius 2 is 2.00 bits per heavy atom. The van der Waals surface area contributed by atoms with Crippen LogP contribution in [-0.2, 0) is 11.3 Å². The van der Waals surface area contributed by atoms with Gasteiger partial charge in [-0.3, -0.25) is 9.69 Å². The van der Waals surface area contributed by atoms with Crippen molar-refractivity contribution >= 4 is 5.91 Å². The zero-order chi connectivity index (χ0) is 14.3. The molecule has 1 rings (SSSR count). The Bertz CT molecular complexity index is 445. The first-order valence-electron chi connectivity index (χ1n) is 6.56. The van der Waals surface area contributed by atoms with Crippen molar-refractivity contribution in [3.05, 3.63) is 35.4 Å². The third kappa shape index (κ3) is 5.54. The molecule has 0 bridgehead atoms. The second kappa shape index (κ2) is 7.55. The van der Waals surface area contributed by atoms with Crippen molar-refractivity contribution in [2.24, 2.45) is 0 Å². The van der Waals surface area contributed by atoms with Crippen LogP contribution in [0.15, 0.2) is 24.3 Å². The first kappa shape index (κ1) is 15.2. The summed E-state index contributed by atoms with van der Waals surface area (Å²) in [5.41, 5.74) is 1.77. The highest BCUT2D eigenvalue weighted by Crippen LogP contribution is 2.06. The summed E-state index contributed by atoms with van der Waals surface area (Å²) < 4.78 is 0. The fraction of sp³-hybridized carbons (Fsp3) is 0.467. The Labute approximate surface area is 115 Å². The molecule has 0 saturated carbocycles. The van der Waals surface area contributed by atoms with Crippen molar-refractivity contribution in [2.75, 3.05) is 13.1 Å². The molecule has 0 saturated heterocycles. The molecule has 0 heterocycles. The lowest BCUT2D eigenvalue weighted by Crippen LogP contribution is -2.39. The molecule has 0 unspecified atom stereocenters. The predicted molar refractivity (Wildman–Crippen MR) is 75.4 cm³/mol. The molecule has 0 atom stereocenters. The summed E-state index contributed by atoms with van der Waals surface area (Å²) in [6.07, 6.45) is 0. The molecule has 4 nitrogen and oxygen atoms in total. The van der Waals surface area contributed by atoms with E-state index in [9.17, 15) is 4.79 Å². The van der Waals surface area contributed by atoms with Crippen LogP contribution in [0, 0.1) is 11.3 Å². The third-order valence-electron chi connectivity index (χ3n) is 2.75. The van der Waals surface area contributed by atoms with Gasteiger partial charge < -0.3 is 5.32 Å². The Morgan fingerprint density at radius 3 is 2.47 bits per heavy atom. The number of carbonyl (C=O) groups excluding carboxylic acids is 1. The summed E-state index contributed by atoms with van der Waals surface area (Å²) >= 11 is 0. The number of rotatable bonds is 6. The van der Waals surface area contributed by atoms with Crippen molar-refractivity contribution < 1.29 is 4.79 Å². The van der Waals surface area contributed by atoms with Gasteiger partial charge in [-0.1, -0.05) is 19.1 Å². The monoisotopic (exact) mass is 259 g/mol. The first-order chi connectivity index (χ1) is 9.05. The number of likely N-dealkylation sites (N-methyl/N-ethyl adjacent to an activating group) is 1. The number of nitrogens with zero attached hydrogens (tertiary/aromatic N) is 2. The molecule has 0 aromatic heterocycles. The van der Waals surface area contributed by atoms with E-state index in [1.165, 1.54) is 0 Å². The highest BCUT2D eigenvalue weighted by atomic mass is 16.2. The average Bonchev–Trinajstić information content (AvgIpc) is 2.37. The molecule has 102 valence electrons. The van der Waals surface area contributed by atoms with Crippen molar-refractivity contribution in [1.29, 1.82) is 5.26 Å². The van der Waals surface area contributed by atoms with E-state index in [2.05, 4.69) is 16.3 Å². The molecule has 1 N–H and O–H groups in total. The van der Waals surface area contributed by atoms with E-state index in [0.29, 0.717) is 18.7 Å². The largest absolute Gasteiger partial charge is 0.353 e. The van der Waals surface area contributed by atoms with Crippen molar-refractivity contribution in [1.82, 2.24) is 10.2 Å². The zero-order valence-electron chi connectivity index (χ0n) is 11.8. The van der Waals surface area contributed by atoms with Crippen LogP contribution in [0.4, 0.5) is 0 Å². The number of nitrogens with one attached hydrogen (secondary N) is 1. The summed E-state index contributed by atoms with van der Waals surface area (Å²) in [5.74, 6) is 0.0468. The van der Waals surface area contributed by atoms with Crippen molar-refractivity contribution in [3.8, 4) is 6.07 Å². The van der Waals surface area contributed by atoms with Gasteiger partial charge in [0.2, 0.25) is 5.91 Å². The summed E-state index contributed by atoms with van der Waals surface area (Å²) in [5, 5.41) is 11.6. The fourth-order valence-corrected chi connectivity index (χ4v) is 1.79. The number of hydrogen-bond donors (Lipinski definition) is 1. The molecule has 0 aliphatic rings. The number of hydrogen-bond acceptors (Lipinski definition) is 3. The minimum atomic E-state index is 0.0468. The standard InChI is InChI=1S/C15H21N3O/c1-4-18(11-15(19)17-12(2)3)10-14-7-5-13(9-16)6-8-14/h5-8,12H,4,10-11H2,1-3H3,(H,17,19). The Kier molecular flexibility index (Phi) is 6.04. The molecular formula is C15H21N3O. The van der Waals surface area contributed by atoms with Gasteiger partial charge in [0.15, 0.2) is 0 Å². The fourth-order valence-electron chi connectivity index (χ4n) is 1.79. The number of nitriles is 1. The average molecular weight is 259 g/mol. The van der Waals surface area contributed by atoms with Crippen LogP contribution in [0.25, 0.3) is 0 Å². The molecule has 0 radical (unpaired) electrons. The van der Waals surface area contributed by atoms with E-state index < -0.39 is 0 Å². The van der Waals surface area contributed by atoms with E-state index in [4.69, 9.17) is 5.26 Å². The maximum atomic E-state index is 11.7. The summed E-state index contributed by atoms with van der Waals surface area (Å²) in [6.45, 7) is 7.86. The van der Waals surface area contributed by atoms with Gasteiger partial charge in [-0.05, 0) is 38.1 Å². The Balaban J connectivity index is 2.56. The van der Waals surface area contributed by atoms with Crippen LogP contribution in [0.5, 0.6) is 0 Å². The van der Waals surface area contributed by atoms with E-state index in [1.54, 1.807) is 12.1 Å². The van der Waals surface area contributed by atoms with Gasteiger partial charge in [-0.25, -0.2) is 0 Å². The van der Waals surface area contributed by atoms with Crippen molar-refractivity contribution in [2.45, 2.75) is 33.4 Å². The molecule has 0 aliphatic carbocycles. The van der Waals surface area contributed by atoms with Crippen LogP contribution in [0.2, 0.25) is 0 Å². The van der Waals surface area contributed by atoms with E-state index in [-0.39, 0.29) is 11.9 Å². The molecule has 0 fully saturated rings. The van der Waals surface area contributed by atoms with Crippen LogP contribution in [0.1, 0.15) is 31.9 Å². The minimum absolute atomic E-state index is 0.0468. The smallest absolute Gasteiger partial charge is 0.234 e. The van der Waals surface area contributed by atoms with Gasteiger partial charge in [0, 0.05) is 12.6 Å². The highest BCUT2D eigenvalue weighted by Gasteiger charge is 2.10. The predicted octanol–water partition coefficient (Wildman–Crippen LogP) is 1.90. The lowest BCUT2D eigenvalue weighted by Gasteiger charge is -2.20. The first-order valence-corrected chi connectivity index (χ1v) is 6.56. The lowest BCUT2D eigenvalue weighted by atomic mass is 10.1. The Morgan fingerprint density at radius 1 is 1.37 bits per heavy atom. The van der Waals surface area contributed by atoms with Crippen molar-refractivity contribution in [3.63, 3.8) is 0 Å². The van der Waals surface area contributed by atoms with Crippen LogP contribution >= 0.6 is 0 Å². The van der Waals surface area contributed by atoms with Gasteiger partial charge in [0.1, 0.15) is 0 Å². The summed E-state index contributed by atoms with van der Waals surface area (Å²) in [4.78, 5) is 13.8. The molecular weight excluding hydrogens is 238 g/mol. The highest BCUT2D eigenvalue weighted by molar-refractivity contribution is 5.78. The summed E-state index contributed by atoms with van der Waals surface area (Å²) in [7, 11) is 0. The van der Waals surface area contributed by atoms with E-state index >= 15 is 0 Å². The quantitative estimate of drug-likeness (QED) is 0.849. The maximum absolute atomic E-state index is 11.7. The second-order valence-electron chi connectivity index (χ2n) is 4.83. The maximum Gasteiger partial charge on any atom is 0.234 e. The van der Waals surface area contributed by atoms with Crippen LogP contribution in [-0.4, -0.2) is 29.9 Å². The molecule has 1 aromatic rings. The van der Waals surface area contributed by atoms with E-state index in [0.717, 1.165) is 12.1 Å². The zero-order valence-corrected chi connectivity index (χ0v) is 11.8. The number of benzene rings is 1.